The van der Waals surface area contributed by atoms with Crippen molar-refractivity contribution in [2.75, 3.05) is 36.4 Å². The highest BCUT2D eigenvalue weighted by Crippen LogP contribution is 2.17. The normalized spacial score (nSPS) is 13.9. The molecule has 1 fully saturated rings. The van der Waals surface area contributed by atoms with Gasteiger partial charge >= 0.3 is 0 Å². The Balaban J connectivity index is 0.00000225. The highest BCUT2D eigenvalue weighted by molar-refractivity contribution is 6.04. The molecule has 0 radical (unpaired) electrons. The van der Waals surface area contributed by atoms with Gasteiger partial charge in [-0.1, -0.05) is 6.92 Å². The van der Waals surface area contributed by atoms with Crippen LogP contribution in [-0.4, -0.2) is 47.3 Å². The van der Waals surface area contributed by atoms with Crippen molar-refractivity contribution in [2.45, 2.75) is 20.3 Å². The van der Waals surface area contributed by atoms with Gasteiger partial charge in [0.15, 0.2) is 0 Å². The minimum atomic E-state index is -0.202. The van der Waals surface area contributed by atoms with E-state index in [1.54, 1.807) is 12.3 Å². The number of piperazine rings is 1. The van der Waals surface area contributed by atoms with E-state index in [1.807, 2.05) is 26.0 Å². The maximum absolute atomic E-state index is 12.5. The summed E-state index contributed by atoms with van der Waals surface area (Å²) >= 11 is 0. The second-order valence-electron chi connectivity index (χ2n) is 5.79. The van der Waals surface area contributed by atoms with Gasteiger partial charge in [-0.25, -0.2) is 4.98 Å². The number of nitrogens with zero attached hydrogens (tertiary/aromatic N) is 4. The first-order valence-electron chi connectivity index (χ1n) is 8.23. The fraction of sp³-hybridized carbons (Fsp3) is 0.412. The quantitative estimate of drug-likeness (QED) is 0.863. The monoisotopic (exact) mass is 362 g/mol. The molecule has 7 nitrogen and oxygen atoms in total. The SMILES string of the molecule is CCc1nnc(C)cc1C(=O)Nc1ccc(N2CCNCC2)cn1.Cl. The summed E-state index contributed by atoms with van der Waals surface area (Å²) in [5, 5.41) is 14.3. The van der Waals surface area contributed by atoms with E-state index in [2.05, 4.69) is 30.7 Å². The standard InChI is InChI=1S/C17H22N6O.ClH/c1-3-15-14(10-12(2)21-22-15)17(24)20-16-5-4-13(11-19-16)23-8-6-18-7-9-23;/h4-5,10-11,18H,3,6-9H2,1-2H3,(H,19,20,24);1H. The molecule has 0 spiro atoms. The van der Waals surface area contributed by atoms with Crippen LogP contribution in [0.25, 0.3) is 0 Å². The molecule has 3 heterocycles. The molecule has 1 amide bonds. The summed E-state index contributed by atoms with van der Waals surface area (Å²) in [7, 11) is 0. The van der Waals surface area contributed by atoms with Crippen molar-refractivity contribution < 1.29 is 4.79 Å². The largest absolute Gasteiger partial charge is 0.368 e. The summed E-state index contributed by atoms with van der Waals surface area (Å²) < 4.78 is 0. The maximum Gasteiger partial charge on any atom is 0.258 e. The van der Waals surface area contributed by atoms with E-state index in [0.29, 0.717) is 23.5 Å². The van der Waals surface area contributed by atoms with Crippen molar-refractivity contribution in [2.24, 2.45) is 0 Å². The van der Waals surface area contributed by atoms with Gasteiger partial charge in [0.2, 0.25) is 0 Å². The molecule has 1 aliphatic rings. The molecular formula is C17H23ClN6O. The predicted molar refractivity (Wildman–Crippen MR) is 101 cm³/mol. The number of pyridine rings is 1. The number of aryl methyl sites for hydroxylation is 2. The number of rotatable bonds is 4. The van der Waals surface area contributed by atoms with E-state index in [9.17, 15) is 4.79 Å². The van der Waals surface area contributed by atoms with Gasteiger partial charge in [0.05, 0.1) is 28.8 Å². The van der Waals surface area contributed by atoms with Crippen molar-refractivity contribution in [3.05, 3.63) is 41.3 Å². The molecule has 2 N–H and O–H groups in total. The van der Waals surface area contributed by atoms with Crippen LogP contribution < -0.4 is 15.5 Å². The third-order valence-corrected chi connectivity index (χ3v) is 4.04. The first kappa shape index (κ1) is 19.1. The van der Waals surface area contributed by atoms with Crippen LogP contribution in [0.2, 0.25) is 0 Å². The summed E-state index contributed by atoms with van der Waals surface area (Å²) in [6, 6.07) is 5.59. The van der Waals surface area contributed by atoms with Crippen molar-refractivity contribution in [3.63, 3.8) is 0 Å². The molecule has 2 aromatic rings. The first-order chi connectivity index (χ1) is 11.7. The van der Waals surface area contributed by atoms with Crippen molar-refractivity contribution in [1.82, 2.24) is 20.5 Å². The third kappa shape index (κ3) is 4.64. The van der Waals surface area contributed by atoms with Gasteiger partial charge in [0.1, 0.15) is 5.82 Å². The minimum absolute atomic E-state index is 0. The van der Waals surface area contributed by atoms with Crippen LogP contribution >= 0.6 is 12.4 Å². The molecule has 0 aliphatic carbocycles. The zero-order valence-corrected chi connectivity index (χ0v) is 15.3. The Bertz CT molecular complexity index is 716. The lowest BCUT2D eigenvalue weighted by molar-refractivity contribution is 0.102. The molecule has 1 aliphatic heterocycles. The maximum atomic E-state index is 12.5. The van der Waals surface area contributed by atoms with Gasteiger partial charge in [0, 0.05) is 26.2 Å². The Hall–Kier alpha value is -2.25. The number of halogens is 1. The molecule has 8 heteroatoms. The number of hydrogen-bond donors (Lipinski definition) is 2. The van der Waals surface area contributed by atoms with Crippen LogP contribution in [0.1, 0.15) is 28.7 Å². The molecule has 0 aromatic carbocycles. The molecular weight excluding hydrogens is 340 g/mol. The molecule has 0 unspecified atom stereocenters. The van der Waals surface area contributed by atoms with Crippen LogP contribution in [0, 0.1) is 6.92 Å². The van der Waals surface area contributed by atoms with Crippen LogP contribution in [0.4, 0.5) is 11.5 Å². The van der Waals surface area contributed by atoms with Crippen molar-refractivity contribution in [3.8, 4) is 0 Å². The second kappa shape index (κ2) is 8.73. The molecule has 1 saturated heterocycles. The zero-order valence-electron chi connectivity index (χ0n) is 14.5. The van der Waals surface area contributed by atoms with Gasteiger partial charge in [-0.3, -0.25) is 4.79 Å². The minimum Gasteiger partial charge on any atom is -0.368 e. The zero-order chi connectivity index (χ0) is 16.9. The molecule has 0 bridgehead atoms. The number of amides is 1. The van der Waals surface area contributed by atoms with Crippen LogP contribution in [0.5, 0.6) is 0 Å². The van der Waals surface area contributed by atoms with Crippen LogP contribution in [0.15, 0.2) is 24.4 Å². The van der Waals surface area contributed by atoms with Gasteiger partial charge in [-0.15, -0.1) is 12.4 Å². The Morgan fingerprint density at radius 1 is 1.28 bits per heavy atom. The van der Waals surface area contributed by atoms with Gasteiger partial charge in [0.25, 0.3) is 5.91 Å². The molecule has 134 valence electrons. The molecule has 3 rings (SSSR count). The van der Waals surface area contributed by atoms with Gasteiger partial charge < -0.3 is 15.5 Å². The van der Waals surface area contributed by atoms with Gasteiger partial charge in [-0.2, -0.15) is 10.2 Å². The molecule has 25 heavy (non-hydrogen) atoms. The average Bonchev–Trinajstić information content (AvgIpc) is 2.63. The van der Waals surface area contributed by atoms with E-state index in [4.69, 9.17) is 0 Å². The lowest BCUT2D eigenvalue weighted by Gasteiger charge is -2.29. The van der Waals surface area contributed by atoms with E-state index < -0.39 is 0 Å². The summed E-state index contributed by atoms with van der Waals surface area (Å²) in [5.74, 6) is 0.336. The van der Waals surface area contributed by atoms with Gasteiger partial charge in [-0.05, 0) is 31.5 Å². The molecule has 2 aromatic heterocycles. The highest BCUT2D eigenvalue weighted by Gasteiger charge is 2.15. The number of anilines is 2. The number of carbonyl (C=O) groups excluding carboxylic acids is 1. The molecule has 0 saturated carbocycles. The Morgan fingerprint density at radius 2 is 2.04 bits per heavy atom. The fourth-order valence-corrected chi connectivity index (χ4v) is 2.73. The Morgan fingerprint density at radius 3 is 2.68 bits per heavy atom. The molecule has 0 atom stereocenters. The van der Waals surface area contributed by atoms with Crippen LogP contribution in [0.3, 0.4) is 0 Å². The Labute approximate surface area is 153 Å². The summed E-state index contributed by atoms with van der Waals surface area (Å²) in [6.45, 7) is 7.67. The van der Waals surface area contributed by atoms with Crippen molar-refractivity contribution in [1.29, 1.82) is 0 Å². The van der Waals surface area contributed by atoms with Crippen molar-refractivity contribution >= 4 is 29.8 Å². The number of aromatic nitrogens is 3. The lowest BCUT2D eigenvalue weighted by Crippen LogP contribution is -2.43. The van der Waals surface area contributed by atoms with E-state index in [0.717, 1.165) is 37.6 Å². The number of nitrogens with one attached hydrogen (secondary N) is 2. The summed E-state index contributed by atoms with van der Waals surface area (Å²) in [5.41, 5.74) is 3.04. The highest BCUT2D eigenvalue weighted by atomic mass is 35.5. The second-order valence-corrected chi connectivity index (χ2v) is 5.79. The predicted octanol–water partition coefficient (Wildman–Crippen LogP) is 1.83. The number of carbonyl (C=O) groups is 1. The fourth-order valence-electron chi connectivity index (χ4n) is 2.73. The first-order valence-corrected chi connectivity index (χ1v) is 8.23. The lowest BCUT2D eigenvalue weighted by atomic mass is 10.1. The topological polar surface area (TPSA) is 83.0 Å². The van der Waals surface area contributed by atoms with E-state index in [1.165, 1.54) is 0 Å². The van der Waals surface area contributed by atoms with Crippen LogP contribution in [-0.2, 0) is 6.42 Å². The van der Waals surface area contributed by atoms with E-state index in [-0.39, 0.29) is 18.3 Å². The average molecular weight is 363 g/mol. The third-order valence-electron chi connectivity index (χ3n) is 4.04. The Kier molecular flexibility index (Phi) is 6.66. The smallest absolute Gasteiger partial charge is 0.258 e. The van der Waals surface area contributed by atoms with E-state index >= 15 is 0 Å². The summed E-state index contributed by atoms with van der Waals surface area (Å²) in [6.07, 6.45) is 2.46. The summed E-state index contributed by atoms with van der Waals surface area (Å²) in [4.78, 5) is 19.1. The number of hydrogen-bond acceptors (Lipinski definition) is 6.